The number of tetrazole rings is 1. The van der Waals surface area contributed by atoms with Crippen LogP contribution in [0, 0.1) is 0 Å². The van der Waals surface area contributed by atoms with Crippen molar-refractivity contribution >= 4 is 28.1 Å². The lowest BCUT2D eigenvalue weighted by molar-refractivity contribution is 0.581. The molecular weight excluding hydrogens is 284 g/mol. The maximum atomic E-state index is 11.8. The van der Waals surface area contributed by atoms with Crippen molar-refractivity contribution in [3.63, 3.8) is 0 Å². The fourth-order valence-electron chi connectivity index (χ4n) is 1.60. The predicted molar refractivity (Wildman–Crippen MR) is 72.4 cm³/mol. The standard InChI is InChI=1S/C10H10N6OS2/c1-2-16-10(12-13-14-16)19-6-7-5-8(17)15-3-4-18-9(15)11-7/h3-5H,2,6H2,1H3. The summed E-state index contributed by atoms with van der Waals surface area (Å²) >= 11 is 2.92. The molecule has 0 N–H and O–H groups in total. The summed E-state index contributed by atoms with van der Waals surface area (Å²) in [4.78, 5) is 17.0. The second-order valence-electron chi connectivity index (χ2n) is 3.71. The summed E-state index contributed by atoms with van der Waals surface area (Å²) in [7, 11) is 0. The third kappa shape index (κ3) is 2.38. The highest BCUT2D eigenvalue weighted by Crippen LogP contribution is 2.18. The maximum absolute atomic E-state index is 11.8. The number of fused-ring (bicyclic) bond motifs is 1. The average Bonchev–Trinajstić information content (AvgIpc) is 3.04. The minimum atomic E-state index is -0.0584. The third-order valence-electron chi connectivity index (χ3n) is 2.50. The van der Waals surface area contributed by atoms with Crippen LogP contribution in [0.1, 0.15) is 12.6 Å². The minimum Gasteiger partial charge on any atom is -0.269 e. The average molecular weight is 294 g/mol. The number of nitrogens with zero attached hydrogens (tertiary/aromatic N) is 6. The summed E-state index contributed by atoms with van der Waals surface area (Å²) in [5.74, 6) is 0.573. The Kier molecular flexibility index (Phi) is 3.30. The van der Waals surface area contributed by atoms with Crippen molar-refractivity contribution in [1.82, 2.24) is 29.6 Å². The van der Waals surface area contributed by atoms with Gasteiger partial charge in [-0.3, -0.25) is 9.20 Å². The molecule has 3 rings (SSSR count). The molecule has 0 aliphatic rings. The van der Waals surface area contributed by atoms with E-state index >= 15 is 0 Å². The number of rotatable bonds is 4. The summed E-state index contributed by atoms with van der Waals surface area (Å²) in [6.45, 7) is 2.69. The lowest BCUT2D eigenvalue weighted by Crippen LogP contribution is -2.12. The molecule has 19 heavy (non-hydrogen) atoms. The Labute approximate surface area is 116 Å². The van der Waals surface area contributed by atoms with Crippen LogP contribution < -0.4 is 5.56 Å². The van der Waals surface area contributed by atoms with Crippen molar-refractivity contribution in [2.24, 2.45) is 0 Å². The van der Waals surface area contributed by atoms with Crippen LogP contribution in [0.3, 0.4) is 0 Å². The van der Waals surface area contributed by atoms with E-state index in [1.807, 2.05) is 12.3 Å². The number of aromatic nitrogens is 6. The summed E-state index contributed by atoms with van der Waals surface area (Å²) in [5.41, 5.74) is 0.681. The normalized spacial score (nSPS) is 11.2. The van der Waals surface area contributed by atoms with Gasteiger partial charge < -0.3 is 0 Å². The van der Waals surface area contributed by atoms with Gasteiger partial charge in [0.25, 0.3) is 5.56 Å². The first kappa shape index (κ1) is 12.3. The molecule has 98 valence electrons. The Hall–Kier alpha value is -1.74. The number of thioether (sulfide) groups is 1. The van der Waals surface area contributed by atoms with Crippen LogP contribution >= 0.6 is 23.1 Å². The molecule has 0 saturated heterocycles. The number of thiazole rings is 1. The van der Waals surface area contributed by atoms with E-state index in [9.17, 15) is 4.79 Å². The van der Waals surface area contributed by atoms with Gasteiger partial charge in [-0.15, -0.1) is 16.4 Å². The zero-order chi connectivity index (χ0) is 13.2. The van der Waals surface area contributed by atoms with Crippen LogP contribution in [0.4, 0.5) is 0 Å². The number of aryl methyl sites for hydroxylation is 1. The highest BCUT2D eigenvalue weighted by atomic mass is 32.2. The highest BCUT2D eigenvalue weighted by Gasteiger charge is 2.08. The fraction of sp³-hybridized carbons (Fsp3) is 0.300. The maximum Gasteiger partial charge on any atom is 0.258 e. The van der Waals surface area contributed by atoms with Crippen LogP contribution in [0.25, 0.3) is 4.96 Å². The fourth-order valence-corrected chi connectivity index (χ4v) is 3.17. The minimum absolute atomic E-state index is 0.0584. The quantitative estimate of drug-likeness (QED) is 0.669. The highest BCUT2D eigenvalue weighted by molar-refractivity contribution is 7.98. The Balaban J connectivity index is 1.84. The van der Waals surface area contributed by atoms with E-state index in [-0.39, 0.29) is 5.56 Å². The van der Waals surface area contributed by atoms with Gasteiger partial charge in [-0.2, -0.15) is 0 Å². The van der Waals surface area contributed by atoms with E-state index in [0.717, 1.165) is 17.4 Å². The predicted octanol–water partition coefficient (Wildman–Crippen LogP) is 1.05. The lowest BCUT2D eigenvalue weighted by atomic mass is 10.4. The van der Waals surface area contributed by atoms with Crippen LogP contribution in [-0.2, 0) is 12.3 Å². The Morgan fingerprint density at radius 2 is 2.37 bits per heavy atom. The Bertz CT molecular complexity index is 761. The van der Waals surface area contributed by atoms with Gasteiger partial charge in [-0.05, 0) is 17.4 Å². The Morgan fingerprint density at radius 1 is 1.47 bits per heavy atom. The Morgan fingerprint density at radius 3 is 3.21 bits per heavy atom. The van der Waals surface area contributed by atoms with E-state index < -0.39 is 0 Å². The van der Waals surface area contributed by atoms with Crippen molar-refractivity contribution in [1.29, 1.82) is 0 Å². The molecule has 0 aliphatic carbocycles. The smallest absolute Gasteiger partial charge is 0.258 e. The van der Waals surface area contributed by atoms with Gasteiger partial charge in [0, 0.05) is 29.9 Å². The van der Waals surface area contributed by atoms with E-state index in [1.165, 1.54) is 27.5 Å². The molecular formula is C10H10N6OS2. The molecule has 0 amide bonds. The molecule has 9 heteroatoms. The van der Waals surface area contributed by atoms with Crippen LogP contribution in [0.5, 0.6) is 0 Å². The molecule has 0 atom stereocenters. The van der Waals surface area contributed by atoms with E-state index in [1.54, 1.807) is 16.9 Å². The molecule has 0 spiro atoms. The lowest BCUT2D eigenvalue weighted by Gasteiger charge is -2.01. The van der Waals surface area contributed by atoms with Crippen molar-refractivity contribution in [3.05, 3.63) is 33.7 Å². The molecule has 0 unspecified atom stereocenters. The zero-order valence-electron chi connectivity index (χ0n) is 10.1. The van der Waals surface area contributed by atoms with Gasteiger partial charge in [0.05, 0.1) is 5.69 Å². The van der Waals surface area contributed by atoms with Gasteiger partial charge in [0.15, 0.2) is 4.96 Å². The molecule has 0 bridgehead atoms. The molecule has 0 aliphatic heterocycles. The summed E-state index contributed by atoms with van der Waals surface area (Å²) in [6.07, 6.45) is 1.73. The first-order valence-electron chi connectivity index (χ1n) is 5.62. The van der Waals surface area contributed by atoms with Crippen LogP contribution in [0.15, 0.2) is 27.6 Å². The van der Waals surface area contributed by atoms with Gasteiger partial charge in [-0.25, -0.2) is 9.67 Å². The van der Waals surface area contributed by atoms with E-state index in [4.69, 9.17) is 0 Å². The second-order valence-corrected chi connectivity index (χ2v) is 5.52. The second kappa shape index (κ2) is 5.10. The number of hydrogen-bond donors (Lipinski definition) is 0. The summed E-state index contributed by atoms with van der Waals surface area (Å²) in [6, 6.07) is 1.55. The topological polar surface area (TPSA) is 78.0 Å². The first-order chi connectivity index (χ1) is 9.28. The molecule has 0 aromatic carbocycles. The van der Waals surface area contributed by atoms with Crippen LogP contribution in [0.2, 0.25) is 0 Å². The molecule has 0 saturated carbocycles. The molecule has 3 aromatic heterocycles. The molecule has 3 aromatic rings. The van der Waals surface area contributed by atoms with Crippen molar-refractivity contribution < 1.29 is 0 Å². The molecule has 3 heterocycles. The number of hydrogen-bond acceptors (Lipinski definition) is 7. The van der Waals surface area contributed by atoms with Crippen LogP contribution in [-0.4, -0.2) is 29.6 Å². The first-order valence-corrected chi connectivity index (χ1v) is 7.49. The van der Waals surface area contributed by atoms with Gasteiger partial charge in [0.2, 0.25) is 5.16 Å². The summed E-state index contributed by atoms with van der Waals surface area (Å²) in [5, 5.41) is 14.0. The molecule has 7 nitrogen and oxygen atoms in total. The van der Waals surface area contributed by atoms with Crippen molar-refractivity contribution in [2.45, 2.75) is 24.4 Å². The SMILES string of the molecule is CCn1nnnc1SCc1cc(=O)n2ccsc2n1. The third-order valence-corrected chi connectivity index (χ3v) is 4.25. The van der Waals surface area contributed by atoms with Crippen molar-refractivity contribution in [3.8, 4) is 0 Å². The van der Waals surface area contributed by atoms with E-state index in [0.29, 0.717) is 10.7 Å². The van der Waals surface area contributed by atoms with Gasteiger partial charge >= 0.3 is 0 Å². The monoisotopic (exact) mass is 294 g/mol. The van der Waals surface area contributed by atoms with Crippen molar-refractivity contribution in [2.75, 3.05) is 0 Å². The largest absolute Gasteiger partial charge is 0.269 e. The zero-order valence-corrected chi connectivity index (χ0v) is 11.7. The van der Waals surface area contributed by atoms with E-state index in [2.05, 4.69) is 20.5 Å². The van der Waals surface area contributed by atoms with Gasteiger partial charge in [-0.1, -0.05) is 11.8 Å². The van der Waals surface area contributed by atoms with Gasteiger partial charge in [0.1, 0.15) is 0 Å². The summed E-state index contributed by atoms with van der Waals surface area (Å²) < 4.78 is 3.25. The molecule has 0 fully saturated rings. The molecule has 0 radical (unpaired) electrons.